The largest absolute Gasteiger partial charge is 0.343 e. The summed E-state index contributed by atoms with van der Waals surface area (Å²) in [5.41, 5.74) is 3.90. The van der Waals surface area contributed by atoms with Crippen molar-refractivity contribution in [3.8, 4) is 0 Å². The van der Waals surface area contributed by atoms with Crippen molar-refractivity contribution < 1.29 is 0 Å². The lowest BCUT2D eigenvalue weighted by Gasteiger charge is -2.11. The molecule has 0 spiro atoms. The summed E-state index contributed by atoms with van der Waals surface area (Å²) >= 11 is 0. The van der Waals surface area contributed by atoms with E-state index in [2.05, 4.69) is 51.4 Å². The number of aryl methyl sites for hydroxylation is 3. The zero-order valence-corrected chi connectivity index (χ0v) is 12.0. The second-order valence-corrected chi connectivity index (χ2v) is 5.07. The van der Waals surface area contributed by atoms with Gasteiger partial charge in [-0.25, -0.2) is 0 Å². The number of hydrogen-bond donors (Lipinski definition) is 1. The van der Waals surface area contributed by atoms with Crippen LogP contribution in [0.1, 0.15) is 11.4 Å². The van der Waals surface area contributed by atoms with Crippen LogP contribution in [0, 0.1) is 0 Å². The SMILES string of the molecule is CNCc1cc2ccccc2n1CCc1ccnn1C. The van der Waals surface area contributed by atoms with Crippen LogP contribution in [0.25, 0.3) is 10.9 Å². The maximum absolute atomic E-state index is 4.23. The van der Waals surface area contributed by atoms with Crippen LogP contribution in [0.5, 0.6) is 0 Å². The number of nitrogens with one attached hydrogen (secondary N) is 1. The van der Waals surface area contributed by atoms with Crippen LogP contribution in [0.2, 0.25) is 0 Å². The van der Waals surface area contributed by atoms with Crippen LogP contribution >= 0.6 is 0 Å². The molecule has 3 aromatic rings. The van der Waals surface area contributed by atoms with E-state index in [0.717, 1.165) is 19.5 Å². The van der Waals surface area contributed by atoms with Crippen molar-refractivity contribution in [1.82, 2.24) is 19.7 Å². The van der Waals surface area contributed by atoms with Crippen LogP contribution in [0.15, 0.2) is 42.6 Å². The third-order valence-corrected chi connectivity index (χ3v) is 3.77. The van der Waals surface area contributed by atoms with E-state index in [1.165, 1.54) is 22.3 Å². The topological polar surface area (TPSA) is 34.8 Å². The highest BCUT2D eigenvalue weighted by Crippen LogP contribution is 2.20. The third-order valence-electron chi connectivity index (χ3n) is 3.77. The smallest absolute Gasteiger partial charge is 0.0492 e. The lowest BCUT2D eigenvalue weighted by molar-refractivity contribution is 0.620. The Morgan fingerprint density at radius 2 is 2.00 bits per heavy atom. The molecular formula is C16H20N4. The maximum Gasteiger partial charge on any atom is 0.0492 e. The zero-order valence-electron chi connectivity index (χ0n) is 12.0. The molecule has 1 aromatic carbocycles. The molecule has 0 fully saturated rings. The number of benzene rings is 1. The highest BCUT2D eigenvalue weighted by atomic mass is 15.3. The molecule has 20 heavy (non-hydrogen) atoms. The minimum absolute atomic E-state index is 0.889. The van der Waals surface area contributed by atoms with E-state index in [1.54, 1.807) is 0 Å². The summed E-state index contributed by atoms with van der Waals surface area (Å²) in [5, 5.41) is 8.79. The first-order chi connectivity index (χ1) is 9.79. The van der Waals surface area contributed by atoms with Crippen LogP contribution in [0.3, 0.4) is 0 Å². The third kappa shape index (κ3) is 2.34. The molecule has 0 atom stereocenters. The van der Waals surface area contributed by atoms with Crippen molar-refractivity contribution >= 4 is 10.9 Å². The predicted octanol–water partition coefficient (Wildman–Crippen LogP) is 2.34. The molecule has 0 radical (unpaired) electrons. The fraction of sp³-hybridized carbons (Fsp3) is 0.312. The van der Waals surface area contributed by atoms with Crippen molar-refractivity contribution in [3.63, 3.8) is 0 Å². The molecule has 4 heteroatoms. The first kappa shape index (κ1) is 12.9. The lowest BCUT2D eigenvalue weighted by atomic mass is 10.2. The Bertz CT molecular complexity index is 708. The van der Waals surface area contributed by atoms with Gasteiger partial charge in [-0.2, -0.15) is 5.10 Å². The fourth-order valence-electron chi connectivity index (χ4n) is 2.73. The van der Waals surface area contributed by atoms with Crippen LogP contribution in [0.4, 0.5) is 0 Å². The van der Waals surface area contributed by atoms with Gasteiger partial charge in [0.05, 0.1) is 0 Å². The van der Waals surface area contributed by atoms with E-state index in [-0.39, 0.29) is 0 Å². The van der Waals surface area contributed by atoms with Gasteiger partial charge in [0, 0.05) is 49.7 Å². The molecule has 3 rings (SSSR count). The highest BCUT2D eigenvalue weighted by Gasteiger charge is 2.08. The van der Waals surface area contributed by atoms with Gasteiger partial charge in [0.1, 0.15) is 0 Å². The minimum atomic E-state index is 0.889. The highest BCUT2D eigenvalue weighted by molar-refractivity contribution is 5.81. The van der Waals surface area contributed by atoms with Crippen molar-refractivity contribution in [1.29, 1.82) is 0 Å². The number of para-hydroxylation sites is 1. The summed E-state index contributed by atoms with van der Waals surface area (Å²) < 4.78 is 4.35. The summed E-state index contributed by atoms with van der Waals surface area (Å²) in [6.07, 6.45) is 2.85. The summed E-state index contributed by atoms with van der Waals surface area (Å²) in [6.45, 7) is 1.87. The summed E-state index contributed by atoms with van der Waals surface area (Å²) in [5.74, 6) is 0. The Balaban J connectivity index is 1.92. The van der Waals surface area contributed by atoms with Crippen molar-refractivity contribution in [2.45, 2.75) is 19.5 Å². The van der Waals surface area contributed by atoms with Gasteiger partial charge in [-0.05, 0) is 30.6 Å². The van der Waals surface area contributed by atoms with Crippen molar-refractivity contribution in [3.05, 3.63) is 54.0 Å². The molecule has 0 saturated carbocycles. The van der Waals surface area contributed by atoms with E-state index < -0.39 is 0 Å². The number of fused-ring (bicyclic) bond motifs is 1. The number of rotatable bonds is 5. The Hall–Kier alpha value is -2.07. The standard InChI is InChI=1S/C16H20N4/c1-17-12-15-11-13-5-3-4-6-16(13)20(15)10-8-14-7-9-18-19(14)2/h3-7,9,11,17H,8,10,12H2,1-2H3. The molecule has 2 aromatic heterocycles. The minimum Gasteiger partial charge on any atom is -0.343 e. The molecule has 4 nitrogen and oxygen atoms in total. The van der Waals surface area contributed by atoms with E-state index in [9.17, 15) is 0 Å². The van der Waals surface area contributed by atoms with Gasteiger partial charge in [-0.1, -0.05) is 18.2 Å². The van der Waals surface area contributed by atoms with Crippen LogP contribution in [-0.4, -0.2) is 21.4 Å². The Morgan fingerprint density at radius 1 is 1.15 bits per heavy atom. The molecule has 0 aliphatic heterocycles. The molecule has 0 aliphatic rings. The van der Waals surface area contributed by atoms with Crippen molar-refractivity contribution in [2.75, 3.05) is 7.05 Å². The summed E-state index contributed by atoms with van der Waals surface area (Å²) in [7, 11) is 3.99. The Morgan fingerprint density at radius 3 is 2.75 bits per heavy atom. The second kappa shape index (κ2) is 5.51. The zero-order chi connectivity index (χ0) is 13.9. The van der Waals surface area contributed by atoms with E-state index in [0.29, 0.717) is 0 Å². The van der Waals surface area contributed by atoms with E-state index in [4.69, 9.17) is 0 Å². The Kier molecular flexibility index (Phi) is 3.56. The number of nitrogens with zero attached hydrogens (tertiary/aromatic N) is 3. The van der Waals surface area contributed by atoms with Gasteiger partial charge in [-0.15, -0.1) is 0 Å². The van der Waals surface area contributed by atoms with Gasteiger partial charge in [0.15, 0.2) is 0 Å². The van der Waals surface area contributed by atoms with Crippen molar-refractivity contribution in [2.24, 2.45) is 7.05 Å². The summed E-state index contributed by atoms with van der Waals surface area (Å²) in [6, 6.07) is 12.9. The fourth-order valence-corrected chi connectivity index (χ4v) is 2.73. The predicted molar refractivity (Wildman–Crippen MR) is 81.6 cm³/mol. The molecule has 0 amide bonds. The van der Waals surface area contributed by atoms with E-state index in [1.807, 2.05) is 25.0 Å². The van der Waals surface area contributed by atoms with Gasteiger partial charge >= 0.3 is 0 Å². The molecule has 104 valence electrons. The molecule has 2 heterocycles. The number of aromatic nitrogens is 3. The quantitative estimate of drug-likeness (QED) is 0.771. The monoisotopic (exact) mass is 268 g/mol. The second-order valence-electron chi connectivity index (χ2n) is 5.07. The molecule has 1 N–H and O–H groups in total. The molecule has 0 bridgehead atoms. The summed E-state index contributed by atoms with van der Waals surface area (Å²) in [4.78, 5) is 0. The van der Waals surface area contributed by atoms with Gasteiger partial charge in [0.25, 0.3) is 0 Å². The van der Waals surface area contributed by atoms with Crippen LogP contribution < -0.4 is 5.32 Å². The number of hydrogen-bond acceptors (Lipinski definition) is 2. The van der Waals surface area contributed by atoms with Gasteiger partial charge in [-0.3, -0.25) is 4.68 Å². The first-order valence-electron chi connectivity index (χ1n) is 6.98. The maximum atomic E-state index is 4.23. The van der Waals surface area contributed by atoms with Gasteiger partial charge in [0.2, 0.25) is 0 Å². The Labute approximate surface area is 119 Å². The molecule has 0 aliphatic carbocycles. The normalized spacial score (nSPS) is 11.3. The van der Waals surface area contributed by atoms with Crippen LogP contribution in [-0.2, 0) is 26.6 Å². The van der Waals surface area contributed by atoms with E-state index >= 15 is 0 Å². The molecule has 0 saturated heterocycles. The average Bonchev–Trinajstić information content (AvgIpc) is 3.01. The molecule has 0 unspecified atom stereocenters. The molecular weight excluding hydrogens is 248 g/mol. The van der Waals surface area contributed by atoms with Gasteiger partial charge < -0.3 is 9.88 Å². The lowest BCUT2D eigenvalue weighted by Crippen LogP contribution is -2.13. The average molecular weight is 268 g/mol. The first-order valence-corrected chi connectivity index (χ1v) is 6.98.